The van der Waals surface area contributed by atoms with E-state index >= 15 is 0 Å². The fourth-order valence-corrected chi connectivity index (χ4v) is 4.47. The summed E-state index contributed by atoms with van der Waals surface area (Å²) in [5.74, 6) is 0. The average Bonchev–Trinajstić information content (AvgIpc) is 3.30. The Balaban J connectivity index is 1.50. The van der Waals surface area contributed by atoms with E-state index in [-0.39, 0.29) is 12.1 Å². The fraction of sp³-hybridized carbons (Fsp3) is 0.0714. The molecule has 0 fully saturated rings. The molecule has 170 valence electrons. The van der Waals surface area contributed by atoms with E-state index in [0.717, 1.165) is 34.2 Å². The third-order valence-corrected chi connectivity index (χ3v) is 6.00. The third-order valence-electron chi connectivity index (χ3n) is 6.00. The molecule has 0 aliphatic carbocycles. The zero-order chi connectivity index (χ0) is 23.5. The number of hydrazine groups is 2. The number of benzene rings is 1. The first-order valence-corrected chi connectivity index (χ1v) is 11.5. The van der Waals surface area contributed by atoms with Gasteiger partial charge in [0.1, 0.15) is 12.1 Å². The van der Waals surface area contributed by atoms with Gasteiger partial charge in [-0.25, -0.2) is 0 Å². The van der Waals surface area contributed by atoms with Crippen molar-refractivity contribution in [1.82, 2.24) is 25.5 Å². The van der Waals surface area contributed by atoms with Gasteiger partial charge in [-0.3, -0.25) is 30.0 Å². The molecule has 1 N–H and O–H groups in total. The maximum atomic E-state index is 4.69. The predicted octanol–water partition coefficient (Wildman–Crippen LogP) is 4.89. The van der Waals surface area contributed by atoms with E-state index < -0.39 is 0 Å². The van der Waals surface area contributed by atoms with Crippen LogP contribution < -0.4 is 15.6 Å². The molecule has 4 aromatic heterocycles. The van der Waals surface area contributed by atoms with Gasteiger partial charge in [0.25, 0.3) is 0 Å². The maximum absolute atomic E-state index is 4.69. The van der Waals surface area contributed by atoms with Crippen LogP contribution in [0, 0.1) is 0 Å². The van der Waals surface area contributed by atoms with Crippen LogP contribution in [-0.4, -0.2) is 19.9 Å². The van der Waals surface area contributed by atoms with Crippen molar-refractivity contribution in [3.63, 3.8) is 0 Å². The molecule has 0 saturated heterocycles. The van der Waals surface area contributed by atoms with Crippen molar-refractivity contribution in [2.24, 2.45) is 0 Å². The molecule has 0 spiro atoms. The van der Waals surface area contributed by atoms with E-state index in [1.807, 2.05) is 110 Å². The summed E-state index contributed by atoms with van der Waals surface area (Å²) in [5.41, 5.74) is 9.26. The summed E-state index contributed by atoms with van der Waals surface area (Å²) < 4.78 is 0. The molecule has 1 aromatic carbocycles. The van der Waals surface area contributed by atoms with Gasteiger partial charge in [-0.2, -0.15) is 0 Å². The number of hydrogen-bond acceptors (Lipinski definition) is 7. The monoisotopic (exact) mass is 457 g/mol. The number of anilines is 2. The molecule has 0 saturated carbocycles. The highest BCUT2D eigenvalue weighted by atomic mass is 15.8. The predicted molar refractivity (Wildman–Crippen MR) is 135 cm³/mol. The van der Waals surface area contributed by atoms with E-state index in [9.17, 15) is 0 Å². The minimum absolute atomic E-state index is 0.253. The highest BCUT2D eigenvalue weighted by Crippen LogP contribution is 2.44. The van der Waals surface area contributed by atoms with Crippen LogP contribution in [-0.2, 0) is 0 Å². The molecule has 5 aromatic rings. The number of para-hydroxylation sites is 2. The lowest BCUT2D eigenvalue weighted by atomic mass is 10.1. The zero-order valence-corrected chi connectivity index (χ0v) is 18.9. The molecule has 6 rings (SSSR count). The van der Waals surface area contributed by atoms with Gasteiger partial charge in [0.2, 0.25) is 0 Å². The van der Waals surface area contributed by atoms with Gasteiger partial charge in [0.15, 0.2) is 0 Å². The molecule has 5 heterocycles. The average molecular weight is 458 g/mol. The summed E-state index contributed by atoms with van der Waals surface area (Å²) >= 11 is 0. The van der Waals surface area contributed by atoms with Crippen molar-refractivity contribution in [1.29, 1.82) is 0 Å². The Hall–Kier alpha value is -4.62. The van der Waals surface area contributed by atoms with Gasteiger partial charge < -0.3 is 0 Å². The SMILES string of the molecule is c1ccc(C(c2ccccn2)N2NN(C(c3ccccn3)c3ccccn3)c3ccccc32)nc1. The van der Waals surface area contributed by atoms with Gasteiger partial charge >= 0.3 is 0 Å². The number of rotatable bonds is 6. The Morgan fingerprint density at radius 3 is 1.03 bits per heavy atom. The number of nitrogens with one attached hydrogen (secondary N) is 1. The maximum Gasteiger partial charge on any atom is 0.131 e. The van der Waals surface area contributed by atoms with Crippen molar-refractivity contribution >= 4 is 11.4 Å². The lowest BCUT2D eigenvalue weighted by Crippen LogP contribution is -2.48. The Labute approximate surface area is 203 Å². The second-order valence-corrected chi connectivity index (χ2v) is 8.15. The van der Waals surface area contributed by atoms with Crippen LogP contribution in [0.5, 0.6) is 0 Å². The molecule has 0 unspecified atom stereocenters. The highest BCUT2D eigenvalue weighted by molar-refractivity contribution is 5.76. The van der Waals surface area contributed by atoms with Crippen LogP contribution in [0.3, 0.4) is 0 Å². The second kappa shape index (κ2) is 9.32. The standard InChI is InChI=1S/C28H23N7/c1-2-16-26-25(15-1)34(27(21-11-3-7-17-29-21)22-12-4-8-18-30-22)33-35(26)28(23-13-5-9-19-31-23)24-14-6-10-20-32-24/h1-20,27-28,33H. The fourth-order valence-electron chi connectivity index (χ4n) is 4.47. The van der Waals surface area contributed by atoms with Crippen LogP contribution in [0.4, 0.5) is 11.4 Å². The molecule has 7 nitrogen and oxygen atoms in total. The third kappa shape index (κ3) is 3.98. The smallest absolute Gasteiger partial charge is 0.131 e. The van der Waals surface area contributed by atoms with E-state index in [1.54, 1.807) is 0 Å². The Morgan fingerprint density at radius 1 is 0.429 bits per heavy atom. The number of hydrogen-bond donors (Lipinski definition) is 1. The first-order chi connectivity index (χ1) is 17.4. The first-order valence-electron chi connectivity index (χ1n) is 11.5. The molecule has 35 heavy (non-hydrogen) atoms. The molecule has 0 bridgehead atoms. The highest BCUT2D eigenvalue weighted by Gasteiger charge is 2.38. The number of pyridine rings is 4. The summed E-state index contributed by atoms with van der Waals surface area (Å²) in [6.45, 7) is 0. The summed E-state index contributed by atoms with van der Waals surface area (Å²) in [4.78, 5) is 18.8. The van der Waals surface area contributed by atoms with Gasteiger partial charge in [-0.05, 0) is 60.7 Å². The van der Waals surface area contributed by atoms with Crippen LogP contribution in [0.25, 0.3) is 0 Å². The van der Waals surface area contributed by atoms with E-state index in [4.69, 9.17) is 19.9 Å². The van der Waals surface area contributed by atoms with Gasteiger partial charge in [0, 0.05) is 24.8 Å². The minimum Gasteiger partial charge on any atom is -0.273 e. The lowest BCUT2D eigenvalue weighted by Gasteiger charge is -2.33. The molecule has 7 heteroatoms. The lowest BCUT2D eigenvalue weighted by molar-refractivity contribution is 0.519. The Bertz CT molecular complexity index is 1200. The van der Waals surface area contributed by atoms with Gasteiger partial charge in [0.05, 0.1) is 34.2 Å². The Kier molecular flexibility index (Phi) is 5.58. The topological polar surface area (TPSA) is 70.1 Å². The van der Waals surface area contributed by atoms with Crippen molar-refractivity contribution in [3.05, 3.63) is 145 Å². The normalized spacial score (nSPS) is 12.9. The van der Waals surface area contributed by atoms with Crippen LogP contribution in [0.1, 0.15) is 34.9 Å². The molecular weight excluding hydrogens is 434 g/mol. The van der Waals surface area contributed by atoms with Crippen molar-refractivity contribution in [2.45, 2.75) is 12.1 Å². The van der Waals surface area contributed by atoms with E-state index in [0.29, 0.717) is 0 Å². The number of fused-ring (bicyclic) bond motifs is 1. The molecule has 0 atom stereocenters. The molecule has 0 radical (unpaired) electrons. The number of aromatic nitrogens is 4. The van der Waals surface area contributed by atoms with E-state index in [2.05, 4.69) is 27.7 Å². The largest absolute Gasteiger partial charge is 0.273 e. The molecule has 0 amide bonds. The van der Waals surface area contributed by atoms with Crippen LogP contribution in [0.15, 0.2) is 122 Å². The van der Waals surface area contributed by atoms with Crippen LogP contribution >= 0.6 is 0 Å². The summed E-state index contributed by atoms with van der Waals surface area (Å²) in [5, 5.41) is 4.25. The van der Waals surface area contributed by atoms with Crippen molar-refractivity contribution in [2.75, 3.05) is 10.0 Å². The molecule has 1 aliphatic rings. The summed E-state index contributed by atoms with van der Waals surface area (Å²) in [7, 11) is 0. The van der Waals surface area contributed by atoms with Gasteiger partial charge in [-0.1, -0.05) is 36.4 Å². The van der Waals surface area contributed by atoms with Crippen molar-refractivity contribution in [3.8, 4) is 0 Å². The Morgan fingerprint density at radius 2 is 0.743 bits per heavy atom. The van der Waals surface area contributed by atoms with E-state index in [1.165, 1.54) is 0 Å². The molecular formula is C28H23N7. The second-order valence-electron chi connectivity index (χ2n) is 8.15. The minimum atomic E-state index is -0.253. The van der Waals surface area contributed by atoms with Crippen molar-refractivity contribution < 1.29 is 0 Å². The van der Waals surface area contributed by atoms with Crippen LogP contribution in [0.2, 0.25) is 0 Å². The summed E-state index contributed by atoms with van der Waals surface area (Å²) in [6.07, 6.45) is 7.26. The summed E-state index contributed by atoms with van der Waals surface area (Å²) in [6, 6.07) is 31.6. The molecule has 1 aliphatic heterocycles. The zero-order valence-electron chi connectivity index (χ0n) is 18.9. The quantitative estimate of drug-likeness (QED) is 0.389. The number of nitrogens with zero attached hydrogens (tertiary/aromatic N) is 6. The first kappa shape index (κ1) is 20.9. The van der Waals surface area contributed by atoms with Gasteiger partial charge in [-0.15, -0.1) is 5.53 Å².